The molecule has 4 rings (SSSR count). The molecule has 1 aromatic heterocycles. The number of rotatable bonds is 6. The summed E-state index contributed by atoms with van der Waals surface area (Å²) in [5.41, 5.74) is 3.86. The van der Waals surface area contributed by atoms with E-state index in [-0.39, 0.29) is 23.3 Å². The summed E-state index contributed by atoms with van der Waals surface area (Å²) >= 11 is 1.30. The second-order valence-corrected chi connectivity index (χ2v) is 8.01. The van der Waals surface area contributed by atoms with E-state index in [1.807, 2.05) is 43.3 Å². The lowest BCUT2D eigenvalue weighted by molar-refractivity contribution is -0.113. The highest BCUT2D eigenvalue weighted by Crippen LogP contribution is 2.24. The van der Waals surface area contributed by atoms with Gasteiger partial charge in [-0.25, -0.2) is 4.79 Å². The number of carbonyl (C=O) groups is 2. The zero-order chi connectivity index (χ0) is 21.8. The third-order valence-electron chi connectivity index (χ3n) is 4.60. The number of hydrogen-bond acceptors (Lipinski definition) is 4. The molecule has 7 nitrogen and oxygen atoms in total. The topological polar surface area (TPSA) is 107 Å². The lowest BCUT2D eigenvalue weighted by Crippen LogP contribution is -2.15. The number of carbonyl (C=O) groups excluding carboxylic acids is 2. The zero-order valence-electron chi connectivity index (χ0n) is 16.7. The first-order chi connectivity index (χ1) is 15.0. The van der Waals surface area contributed by atoms with Crippen LogP contribution in [0.4, 0.5) is 11.4 Å². The number of amides is 2. The highest BCUT2D eigenvalue weighted by atomic mass is 32.2. The van der Waals surface area contributed by atoms with E-state index < -0.39 is 0 Å². The first kappa shape index (κ1) is 20.5. The molecule has 0 bridgehead atoms. The predicted molar refractivity (Wildman–Crippen MR) is 124 cm³/mol. The summed E-state index contributed by atoms with van der Waals surface area (Å²) in [4.78, 5) is 42.6. The van der Waals surface area contributed by atoms with E-state index in [0.717, 1.165) is 11.3 Å². The number of benzene rings is 3. The molecular formula is C23H20N4O3S. The van der Waals surface area contributed by atoms with Gasteiger partial charge >= 0.3 is 5.69 Å². The Balaban J connectivity index is 1.43. The van der Waals surface area contributed by atoms with Crippen molar-refractivity contribution in [3.05, 3.63) is 88.3 Å². The van der Waals surface area contributed by atoms with Gasteiger partial charge in [0.05, 0.1) is 22.3 Å². The van der Waals surface area contributed by atoms with Crippen LogP contribution in [0.2, 0.25) is 0 Å². The van der Waals surface area contributed by atoms with Gasteiger partial charge in [0.2, 0.25) is 5.91 Å². The van der Waals surface area contributed by atoms with Crippen molar-refractivity contribution in [2.45, 2.75) is 11.8 Å². The molecule has 0 saturated heterocycles. The van der Waals surface area contributed by atoms with E-state index in [1.54, 1.807) is 30.3 Å². The van der Waals surface area contributed by atoms with E-state index in [9.17, 15) is 14.4 Å². The quantitative estimate of drug-likeness (QED) is 0.343. The largest absolute Gasteiger partial charge is 0.325 e. The van der Waals surface area contributed by atoms with Gasteiger partial charge in [-0.2, -0.15) is 0 Å². The van der Waals surface area contributed by atoms with E-state index in [2.05, 4.69) is 20.6 Å². The average molecular weight is 433 g/mol. The van der Waals surface area contributed by atoms with Crippen molar-refractivity contribution in [2.75, 3.05) is 16.4 Å². The highest BCUT2D eigenvalue weighted by Gasteiger charge is 2.14. The monoisotopic (exact) mass is 432 g/mol. The fourth-order valence-electron chi connectivity index (χ4n) is 3.07. The van der Waals surface area contributed by atoms with Crippen molar-refractivity contribution in [3.63, 3.8) is 0 Å². The Labute approximate surface area is 182 Å². The Morgan fingerprint density at radius 1 is 0.871 bits per heavy atom. The summed E-state index contributed by atoms with van der Waals surface area (Å²) in [5.74, 6) is -0.264. The van der Waals surface area contributed by atoms with Crippen LogP contribution in [0, 0.1) is 6.92 Å². The van der Waals surface area contributed by atoms with E-state index in [4.69, 9.17) is 0 Å². The Bertz CT molecular complexity index is 1310. The predicted octanol–water partition coefficient (Wildman–Crippen LogP) is 4.15. The van der Waals surface area contributed by atoms with Gasteiger partial charge < -0.3 is 20.6 Å². The molecule has 156 valence electrons. The van der Waals surface area contributed by atoms with Gasteiger partial charge in [0.15, 0.2) is 0 Å². The molecule has 1 heterocycles. The summed E-state index contributed by atoms with van der Waals surface area (Å²) in [6, 6.07) is 19.8. The van der Waals surface area contributed by atoms with Crippen LogP contribution in [0.5, 0.6) is 0 Å². The minimum absolute atomic E-state index is 0.147. The Morgan fingerprint density at radius 3 is 2.39 bits per heavy atom. The summed E-state index contributed by atoms with van der Waals surface area (Å²) < 4.78 is 0. The first-order valence-electron chi connectivity index (χ1n) is 9.60. The molecule has 0 spiro atoms. The number of imidazole rings is 1. The van der Waals surface area contributed by atoms with Gasteiger partial charge in [-0.1, -0.05) is 29.8 Å². The third kappa shape index (κ3) is 5.04. The van der Waals surface area contributed by atoms with Gasteiger partial charge in [-0.15, -0.1) is 11.8 Å². The van der Waals surface area contributed by atoms with E-state index >= 15 is 0 Å². The number of nitrogens with one attached hydrogen (secondary N) is 4. The number of H-pyrrole nitrogens is 2. The Hall–Kier alpha value is -3.78. The fourth-order valence-corrected chi connectivity index (χ4v) is 3.92. The number of thioether (sulfide) groups is 1. The van der Waals surface area contributed by atoms with Crippen molar-refractivity contribution < 1.29 is 9.59 Å². The standard InChI is InChI=1S/C23H20N4O3S/c1-14-6-8-15(9-7-14)24-21(28)13-31-20-5-3-2-4-17(20)22(29)25-16-10-11-18-19(12-16)27-23(30)26-18/h2-12H,13H2,1H3,(H,24,28)(H,25,29)(H2,26,27,30). The van der Waals surface area contributed by atoms with Crippen molar-refractivity contribution in [2.24, 2.45) is 0 Å². The lowest BCUT2D eigenvalue weighted by Gasteiger charge is -2.10. The van der Waals surface area contributed by atoms with Gasteiger partial charge in [-0.3, -0.25) is 9.59 Å². The Kier molecular flexibility index (Phi) is 5.90. The summed E-state index contributed by atoms with van der Waals surface area (Å²) in [5, 5.41) is 5.70. The van der Waals surface area contributed by atoms with Crippen LogP contribution in [0.3, 0.4) is 0 Å². The molecule has 31 heavy (non-hydrogen) atoms. The number of aromatic amines is 2. The molecule has 2 amide bonds. The highest BCUT2D eigenvalue weighted by molar-refractivity contribution is 8.00. The van der Waals surface area contributed by atoms with Crippen molar-refractivity contribution in [3.8, 4) is 0 Å². The van der Waals surface area contributed by atoms with Crippen LogP contribution >= 0.6 is 11.8 Å². The second kappa shape index (κ2) is 8.93. The van der Waals surface area contributed by atoms with Gasteiger partial charge in [0.1, 0.15) is 0 Å². The minimum Gasteiger partial charge on any atom is -0.325 e. The van der Waals surface area contributed by atoms with Gasteiger partial charge in [0.25, 0.3) is 5.91 Å². The molecule has 0 saturated carbocycles. The van der Waals surface area contributed by atoms with Crippen LogP contribution in [0.25, 0.3) is 11.0 Å². The summed E-state index contributed by atoms with van der Waals surface area (Å²) in [6.45, 7) is 1.99. The smallest absolute Gasteiger partial charge is 0.323 e. The number of aromatic nitrogens is 2. The maximum atomic E-state index is 12.8. The van der Waals surface area contributed by atoms with Crippen LogP contribution in [0.1, 0.15) is 15.9 Å². The minimum atomic E-state index is -0.302. The Morgan fingerprint density at radius 2 is 1.58 bits per heavy atom. The van der Waals surface area contributed by atoms with Gasteiger partial charge in [-0.05, 0) is 49.4 Å². The molecule has 0 fully saturated rings. The maximum absolute atomic E-state index is 12.8. The first-order valence-corrected chi connectivity index (χ1v) is 10.6. The molecule has 0 atom stereocenters. The molecule has 0 radical (unpaired) electrons. The number of anilines is 2. The number of fused-ring (bicyclic) bond motifs is 1. The molecule has 0 aliphatic rings. The normalized spacial score (nSPS) is 10.7. The van der Waals surface area contributed by atoms with E-state index in [1.165, 1.54) is 11.8 Å². The van der Waals surface area contributed by atoms with Crippen LogP contribution in [-0.4, -0.2) is 27.5 Å². The summed E-state index contributed by atoms with van der Waals surface area (Å²) in [6.07, 6.45) is 0. The fraction of sp³-hybridized carbons (Fsp3) is 0.0870. The molecule has 4 N–H and O–H groups in total. The van der Waals surface area contributed by atoms with Crippen molar-refractivity contribution in [1.82, 2.24) is 9.97 Å². The van der Waals surface area contributed by atoms with Crippen molar-refractivity contribution in [1.29, 1.82) is 0 Å². The zero-order valence-corrected chi connectivity index (χ0v) is 17.5. The van der Waals surface area contributed by atoms with Crippen LogP contribution in [-0.2, 0) is 4.79 Å². The molecule has 0 aliphatic heterocycles. The number of aryl methyl sites for hydroxylation is 1. The van der Waals surface area contributed by atoms with Crippen LogP contribution < -0.4 is 16.3 Å². The maximum Gasteiger partial charge on any atom is 0.323 e. The second-order valence-electron chi connectivity index (χ2n) is 6.99. The van der Waals surface area contributed by atoms with Crippen molar-refractivity contribution >= 4 is 46.0 Å². The van der Waals surface area contributed by atoms with Gasteiger partial charge in [0, 0.05) is 16.3 Å². The molecule has 4 aromatic rings. The molecule has 0 unspecified atom stereocenters. The SMILES string of the molecule is Cc1ccc(NC(=O)CSc2ccccc2C(=O)Nc2ccc3[nH]c(=O)[nH]c3c2)cc1. The molecule has 0 aliphatic carbocycles. The average Bonchev–Trinajstić information content (AvgIpc) is 3.13. The third-order valence-corrected chi connectivity index (χ3v) is 5.67. The number of hydrogen-bond donors (Lipinski definition) is 4. The molecule has 3 aromatic carbocycles. The molecular weight excluding hydrogens is 412 g/mol. The van der Waals surface area contributed by atoms with Crippen LogP contribution in [0.15, 0.2) is 76.4 Å². The lowest BCUT2D eigenvalue weighted by atomic mass is 10.2. The summed E-state index contributed by atoms with van der Waals surface area (Å²) in [7, 11) is 0. The van der Waals surface area contributed by atoms with E-state index in [0.29, 0.717) is 27.2 Å². The molecule has 8 heteroatoms.